The van der Waals surface area contributed by atoms with Crippen LogP contribution in [0.15, 0.2) is 46.7 Å². The summed E-state index contributed by atoms with van der Waals surface area (Å²) in [5.74, 6) is 1.07. The van der Waals surface area contributed by atoms with Gasteiger partial charge in [-0.1, -0.05) is 30.3 Å². The summed E-state index contributed by atoms with van der Waals surface area (Å²) in [4.78, 5) is 16.2. The Labute approximate surface area is 179 Å². The molecule has 1 unspecified atom stereocenters. The second-order valence-electron chi connectivity index (χ2n) is 8.39. The minimum atomic E-state index is -1.15. The average Bonchev–Trinajstić information content (AvgIpc) is 3.51. The summed E-state index contributed by atoms with van der Waals surface area (Å²) >= 11 is 0. The Morgan fingerprint density at radius 1 is 1.23 bits per heavy atom. The van der Waals surface area contributed by atoms with Crippen LogP contribution in [-0.2, 0) is 20.8 Å². The first kappa shape index (κ1) is 19.0. The van der Waals surface area contributed by atoms with Gasteiger partial charge < -0.3 is 23.5 Å². The topological polar surface area (TPSA) is 83.3 Å². The molecular formula is C23H24N2O6. The molecule has 1 aromatic carbocycles. The van der Waals surface area contributed by atoms with E-state index in [1.54, 1.807) is 7.11 Å². The van der Waals surface area contributed by atoms with Crippen LogP contribution in [0.25, 0.3) is 0 Å². The van der Waals surface area contributed by atoms with E-state index in [4.69, 9.17) is 23.5 Å². The molecule has 6 rings (SSSR count). The summed E-state index contributed by atoms with van der Waals surface area (Å²) in [6.07, 6.45) is 2.52. The van der Waals surface area contributed by atoms with Crippen LogP contribution in [0, 0.1) is 5.92 Å². The van der Waals surface area contributed by atoms with Crippen LogP contribution in [0.3, 0.4) is 0 Å². The Hall–Kier alpha value is -2.68. The number of rotatable bonds is 5. The minimum Gasteiger partial charge on any atom is -0.498 e. The number of carbonyl (C=O) groups is 1. The van der Waals surface area contributed by atoms with E-state index in [1.165, 1.54) is 0 Å². The van der Waals surface area contributed by atoms with Gasteiger partial charge in [0.2, 0.25) is 5.78 Å². The number of Topliss-reactive ketones (excluding diaryl/α,β-unsaturated/α-hetero) is 1. The predicted octanol–water partition coefficient (Wildman–Crippen LogP) is 2.51. The van der Waals surface area contributed by atoms with Crippen LogP contribution in [0.5, 0.6) is 5.88 Å². The molecule has 2 saturated heterocycles. The summed E-state index contributed by atoms with van der Waals surface area (Å²) in [7, 11) is 1.59. The molecule has 4 atom stereocenters. The zero-order chi connectivity index (χ0) is 21.0. The minimum absolute atomic E-state index is 0.106. The fourth-order valence-corrected chi connectivity index (χ4v) is 5.50. The van der Waals surface area contributed by atoms with Crippen molar-refractivity contribution < 1.29 is 28.3 Å². The second-order valence-corrected chi connectivity index (χ2v) is 8.39. The summed E-state index contributed by atoms with van der Waals surface area (Å²) in [6.45, 7) is 3.08. The van der Waals surface area contributed by atoms with Crippen molar-refractivity contribution in [3.05, 3.63) is 59.1 Å². The lowest BCUT2D eigenvalue weighted by molar-refractivity contribution is -0.0551. The molecule has 0 radical (unpaired) electrons. The van der Waals surface area contributed by atoms with Gasteiger partial charge in [-0.2, -0.15) is 0 Å². The number of carbonyl (C=O) groups excluding carboxylic acids is 1. The normalized spacial score (nSPS) is 31.8. The number of ketones is 1. The third-order valence-corrected chi connectivity index (χ3v) is 6.83. The lowest BCUT2D eigenvalue weighted by atomic mass is 9.67. The van der Waals surface area contributed by atoms with Crippen LogP contribution in [0.4, 0.5) is 0 Å². The van der Waals surface area contributed by atoms with Crippen molar-refractivity contribution in [3.8, 4) is 5.88 Å². The molecule has 31 heavy (non-hydrogen) atoms. The van der Waals surface area contributed by atoms with Crippen molar-refractivity contribution in [2.45, 2.75) is 30.8 Å². The average molecular weight is 424 g/mol. The van der Waals surface area contributed by atoms with E-state index in [0.717, 1.165) is 25.1 Å². The van der Waals surface area contributed by atoms with Crippen molar-refractivity contribution in [2.24, 2.45) is 5.92 Å². The van der Waals surface area contributed by atoms with E-state index in [2.05, 4.69) is 10.1 Å². The maximum Gasteiger partial charge on any atom is 0.265 e. The van der Waals surface area contributed by atoms with Crippen molar-refractivity contribution >= 4 is 5.78 Å². The van der Waals surface area contributed by atoms with Crippen molar-refractivity contribution in [2.75, 3.05) is 33.4 Å². The second kappa shape index (κ2) is 7.19. The van der Waals surface area contributed by atoms with Crippen molar-refractivity contribution in [1.82, 2.24) is 10.1 Å². The highest BCUT2D eigenvalue weighted by molar-refractivity contribution is 6.09. The van der Waals surface area contributed by atoms with Gasteiger partial charge in [0.05, 0.1) is 32.5 Å². The largest absolute Gasteiger partial charge is 0.498 e. The summed E-state index contributed by atoms with van der Waals surface area (Å²) in [5, 5.41) is 4.17. The molecule has 3 aliphatic heterocycles. The summed E-state index contributed by atoms with van der Waals surface area (Å²) in [6, 6.07) is 9.62. The highest BCUT2D eigenvalue weighted by atomic mass is 16.6. The number of morpholine rings is 1. The third kappa shape index (κ3) is 2.71. The number of nitrogens with zero attached hydrogens (tertiary/aromatic N) is 2. The van der Waals surface area contributed by atoms with Gasteiger partial charge in [0.1, 0.15) is 17.9 Å². The molecule has 1 aromatic heterocycles. The number of benzene rings is 1. The Balaban J connectivity index is 1.42. The highest BCUT2D eigenvalue weighted by Gasteiger charge is 2.68. The first-order valence-corrected chi connectivity index (χ1v) is 10.7. The number of aromatic nitrogens is 1. The Morgan fingerprint density at radius 2 is 2.03 bits per heavy atom. The number of fused-ring (bicyclic) bond motifs is 2. The van der Waals surface area contributed by atoms with E-state index in [0.29, 0.717) is 36.9 Å². The van der Waals surface area contributed by atoms with Crippen LogP contribution in [-0.4, -0.2) is 61.0 Å². The molecule has 2 bridgehead atoms. The standard InChI is InChI=1S/C23H24N2O6/c1-27-17-12-15-11-16-19(25-7-9-28-10-8-25)20-18(21(26)23(16,17)30-15)22(24-31-20)29-13-14-5-3-2-4-6-14/h2-6,12,15-16,19H,7-11,13H2,1H3/t15-,16?,19+,23+/m1/s1. The first-order chi connectivity index (χ1) is 15.2. The molecule has 4 heterocycles. The van der Waals surface area contributed by atoms with Gasteiger partial charge in [-0.3, -0.25) is 9.69 Å². The number of hydrogen-bond donors (Lipinski definition) is 0. The summed E-state index contributed by atoms with van der Waals surface area (Å²) < 4.78 is 29.3. The molecule has 8 heteroatoms. The molecule has 0 saturated carbocycles. The molecular weight excluding hydrogens is 400 g/mol. The third-order valence-electron chi connectivity index (χ3n) is 6.83. The molecule has 4 aliphatic rings. The zero-order valence-corrected chi connectivity index (χ0v) is 17.3. The maximum absolute atomic E-state index is 13.9. The molecule has 0 N–H and O–H groups in total. The molecule has 0 amide bonds. The maximum atomic E-state index is 13.9. The number of methoxy groups -OCH3 is 1. The van der Waals surface area contributed by atoms with E-state index >= 15 is 0 Å². The highest BCUT2D eigenvalue weighted by Crippen LogP contribution is 2.59. The van der Waals surface area contributed by atoms with Gasteiger partial charge >= 0.3 is 0 Å². The van der Waals surface area contributed by atoms with Gasteiger partial charge in [-0.25, -0.2) is 0 Å². The molecule has 8 nitrogen and oxygen atoms in total. The molecule has 2 aromatic rings. The van der Waals surface area contributed by atoms with Gasteiger partial charge in [-0.05, 0) is 23.2 Å². The van der Waals surface area contributed by atoms with E-state index in [-0.39, 0.29) is 29.7 Å². The van der Waals surface area contributed by atoms with E-state index < -0.39 is 5.60 Å². The quantitative estimate of drug-likeness (QED) is 0.724. The van der Waals surface area contributed by atoms with Crippen LogP contribution in [0.2, 0.25) is 0 Å². The van der Waals surface area contributed by atoms with Gasteiger partial charge in [0, 0.05) is 19.0 Å². The Bertz CT molecular complexity index is 1030. The smallest absolute Gasteiger partial charge is 0.265 e. The van der Waals surface area contributed by atoms with Crippen LogP contribution in [0.1, 0.15) is 34.1 Å². The van der Waals surface area contributed by atoms with E-state index in [1.807, 2.05) is 36.4 Å². The fourth-order valence-electron chi connectivity index (χ4n) is 5.50. The lowest BCUT2D eigenvalue weighted by Crippen LogP contribution is -2.55. The lowest BCUT2D eigenvalue weighted by Gasteiger charge is -2.45. The van der Waals surface area contributed by atoms with Crippen LogP contribution < -0.4 is 4.74 Å². The number of hydrogen-bond acceptors (Lipinski definition) is 8. The first-order valence-electron chi connectivity index (χ1n) is 10.7. The van der Waals surface area contributed by atoms with Gasteiger partial charge in [0.25, 0.3) is 5.88 Å². The molecule has 1 aliphatic carbocycles. The number of ether oxygens (including phenoxy) is 4. The molecule has 1 spiro atoms. The predicted molar refractivity (Wildman–Crippen MR) is 108 cm³/mol. The zero-order valence-electron chi connectivity index (χ0n) is 17.3. The van der Waals surface area contributed by atoms with Crippen molar-refractivity contribution in [3.63, 3.8) is 0 Å². The molecule has 2 fully saturated rings. The Morgan fingerprint density at radius 3 is 2.81 bits per heavy atom. The van der Waals surface area contributed by atoms with Gasteiger partial charge in [-0.15, -0.1) is 0 Å². The monoisotopic (exact) mass is 424 g/mol. The summed E-state index contributed by atoms with van der Waals surface area (Å²) in [5.41, 5.74) is 0.208. The SMILES string of the molecule is COC1=C[C@H]2CC3[C@H](N4CCOCC4)c4onc(OCc5ccccc5)c4C(=O)[C@@]13O2. The Kier molecular flexibility index (Phi) is 4.41. The molecule has 162 valence electrons. The van der Waals surface area contributed by atoms with Gasteiger partial charge in [0.15, 0.2) is 11.4 Å². The van der Waals surface area contributed by atoms with Crippen molar-refractivity contribution in [1.29, 1.82) is 0 Å². The van der Waals surface area contributed by atoms with E-state index in [9.17, 15) is 4.79 Å². The van der Waals surface area contributed by atoms with Crippen LogP contribution >= 0.6 is 0 Å². The fraction of sp³-hybridized carbons (Fsp3) is 0.478.